The standard InChI is InChI=1S/C7H12FN/c1-3-9-7(2)5-4-6-8/h4-5H,3,6H2,1-2H3/b5-4-,9-7?. The molecule has 0 aliphatic heterocycles. The van der Waals surface area contributed by atoms with Gasteiger partial charge in [-0.2, -0.15) is 0 Å². The van der Waals surface area contributed by atoms with Gasteiger partial charge in [0.2, 0.25) is 0 Å². The van der Waals surface area contributed by atoms with E-state index in [1.54, 1.807) is 6.08 Å². The Balaban J connectivity index is 3.60. The van der Waals surface area contributed by atoms with Crippen molar-refractivity contribution in [1.82, 2.24) is 0 Å². The molecule has 52 valence electrons. The van der Waals surface area contributed by atoms with E-state index >= 15 is 0 Å². The smallest absolute Gasteiger partial charge is 0.108 e. The van der Waals surface area contributed by atoms with Crippen molar-refractivity contribution in [3.05, 3.63) is 12.2 Å². The Hall–Kier alpha value is -0.660. The third-order valence-electron chi connectivity index (χ3n) is 0.856. The molecule has 0 aliphatic carbocycles. The average Bonchev–Trinajstić information content (AvgIpc) is 1.85. The van der Waals surface area contributed by atoms with E-state index in [2.05, 4.69) is 4.99 Å². The molecular formula is C7H12FN. The summed E-state index contributed by atoms with van der Waals surface area (Å²) < 4.78 is 11.5. The number of rotatable bonds is 3. The van der Waals surface area contributed by atoms with E-state index < -0.39 is 6.67 Å². The van der Waals surface area contributed by atoms with Gasteiger partial charge in [-0.15, -0.1) is 0 Å². The van der Waals surface area contributed by atoms with Crippen LogP contribution in [-0.4, -0.2) is 18.9 Å². The lowest BCUT2D eigenvalue weighted by Gasteiger charge is -1.86. The minimum Gasteiger partial charge on any atom is -0.290 e. The van der Waals surface area contributed by atoms with Crippen LogP contribution in [0.3, 0.4) is 0 Å². The van der Waals surface area contributed by atoms with E-state index in [-0.39, 0.29) is 0 Å². The van der Waals surface area contributed by atoms with Crippen molar-refractivity contribution < 1.29 is 4.39 Å². The maximum Gasteiger partial charge on any atom is 0.108 e. The fourth-order valence-electron chi connectivity index (χ4n) is 0.517. The number of nitrogens with zero attached hydrogens (tertiary/aromatic N) is 1. The van der Waals surface area contributed by atoms with Crippen molar-refractivity contribution in [3.63, 3.8) is 0 Å². The first kappa shape index (κ1) is 8.34. The molecule has 0 amide bonds. The first-order valence-electron chi connectivity index (χ1n) is 3.04. The molecule has 0 heterocycles. The van der Waals surface area contributed by atoms with E-state index in [0.29, 0.717) is 0 Å². The molecule has 0 spiro atoms. The molecule has 0 fully saturated rings. The van der Waals surface area contributed by atoms with E-state index in [1.807, 2.05) is 13.8 Å². The number of halogens is 1. The van der Waals surface area contributed by atoms with Crippen LogP contribution in [0.25, 0.3) is 0 Å². The highest BCUT2D eigenvalue weighted by Crippen LogP contribution is 1.81. The maximum atomic E-state index is 11.5. The van der Waals surface area contributed by atoms with Gasteiger partial charge in [-0.1, -0.05) is 6.08 Å². The zero-order chi connectivity index (χ0) is 7.11. The van der Waals surface area contributed by atoms with Crippen LogP contribution >= 0.6 is 0 Å². The molecule has 0 bridgehead atoms. The van der Waals surface area contributed by atoms with Crippen LogP contribution in [0, 0.1) is 0 Å². The summed E-state index contributed by atoms with van der Waals surface area (Å²) in [6.07, 6.45) is 3.14. The van der Waals surface area contributed by atoms with Gasteiger partial charge in [0.1, 0.15) is 6.67 Å². The number of alkyl halides is 1. The number of hydrogen-bond donors (Lipinski definition) is 0. The van der Waals surface area contributed by atoms with Gasteiger partial charge in [0.25, 0.3) is 0 Å². The zero-order valence-corrected chi connectivity index (χ0v) is 5.89. The van der Waals surface area contributed by atoms with Crippen LogP contribution in [0.5, 0.6) is 0 Å². The van der Waals surface area contributed by atoms with Gasteiger partial charge >= 0.3 is 0 Å². The molecule has 1 nitrogen and oxygen atoms in total. The maximum absolute atomic E-state index is 11.5. The molecule has 0 atom stereocenters. The SMILES string of the molecule is CCN=C(C)/C=C\CF. The second-order valence-electron chi connectivity index (χ2n) is 1.67. The highest BCUT2D eigenvalue weighted by molar-refractivity contribution is 5.92. The molecule has 0 rings (SSSR count). The summed E-state index contributed by atoms with van der Waals surface area (Å²) in [4.78, 5) is 4.03. The molecule has 0 aromatic rings. The monoisotopic (exact) mass is 129 g/mol. The second-order valence-corrected chi connectivity index (χ2v) is 1.67. The van der Waals surface area contributed by atoms with Crippen LogP contribution in [0.15, 0.2) is 17.1 Å². The predicted octanol–water partition coefficient (Wildman–Crippen LogP) is 1.99. The van der Waals surface area contributed by atoms with Crippen LogP contribution in [0.1, 0.15) is 13.8 Å². The molecule has 0 saturated heterocycles. The van der Waals surface area contributed by atoms with Crippen molar-refractivity contribution in [2.75, 3.05) is 13.2 Å². The molecule has 9 heavy (non-hydrogen) atoms. The fraction of sp³-hybridized carbons (Fsp3) is 0.571. The van der Waals surface area contributed by atoms with Gasteiger partial charge in [-0.05, 0) is 19.9 Å². The van der Waals surface area contributed by atoms with Gasteiger partial charge in [0.05, 0.1) is 0 Å². The Morgan fingerprint density at radius 1 is 1.67 bits per heavy atom. The summed E-state index contributed by atoms with van der Waals surface area (Å²) in [6, 6.07) is 0. The van der Waals surface area contributed by atoms with Crippen LogP contribution < -0.4 is 0 Å². The summed E-state index contributed by atoms with van der Waals surface area (Å²) in [5, 5.41) is 0. The highest BCUT2D eigenvalue weighted by Gasteiger charge is 1.78. The van der Waals surface area contributed by atoms with Gasteiger partial charge in [0.15, 0.2) is 0 Å². The lowest BCUT2D eigenvalue weighted by Crippen LogP contribution is -1.85. The first-order chi connectivity index (χ1) is 4.31. The van der Waals surface area contributed by atoms with Crippen molar-refractivity contribution in [3.8, 4) is 0 Å². The highest BCUT2D eigenvalue weighted by atomic mass is 19.1. The first-order valence-corrected chi connectivity index (χ1v) is 3.04. The minimum absolute atomic E-state index is 0.406. The second kappa shape index (κ2) is 5.48. The average molecular weight is 129 g/mol. The molecule has 0 aromatic heterocycles. The molecule has 0 aliphatic rings. The zero-order valence-electron chi connectivity index (χ0n) is 5.89. The topological polar surface area (TPSA) is 12.4 Å². The largest absolute Gasteiger partial charge is 0.290 e. The number of aliphatic imine (C=N–C) groups is 1. The molecule has 0 N–H and O–H groups in total. The van der Waals surface area contributed by atoms with E-state index in [0.717, 1.165) is 12.3 Å². The van der Waals surface area contributed by atoms with Gasteiger partial charge in [0, 0.05) is 12.3 Å². The predicted molar refractivity (Wildman–Crippen MR) is 38.8 cm³/mol. The molecule has 0 saturated carbocycles. The summed E-state index contributed by atoms with van der Waals surface area (Å²) >= 11 is 0. The molecule has 0 radical (unpaired) electrons. The fourth-order valence-corrected chi connectivity index (χ4v) is 0.517. The van der Waals surface area contributed by atoms with Gasteiger partial charge < -0.3 is 0 Å². The summed E-state index contributed by atoms with van der Waals surface area (Å²) in [7, 11) is 0. The summed E-state index contributed by atoms with van der Waals surface area (Å²) in [6.45, 7) is 4.17. The molecular weight excluding hydrogens is 117 g/mol. The van der Waals surface area contributed by atoms with E-state index in [4.69, 9.17) is 0 Å². The van der Waals surface area contributed by atoms with Crippen molar-refractivity contribution >= 4 is 5.71 Å². The van der Waals surface area contributed by atoms with Crippen LogP contribution in [0.4, 0.5) is 4.39 Å². The van der Waals surface area contributed by atoms with Crippen molar-refractivity contribution in [2.24, 2.45) is 4.99 Å². The minimum atomic E-state index is -0.406. The molecule has 2 heteroatoms. The third-order valence-corrected chi connectivity index (χ3v) is 0.856. The number of allylic oxidation sites excluding steroid dienone is 2. The Morgan fingerprint density at radius 3 is 2.78 bits per heavy atom. The lowest BCUT2D eigenvalue weighted by atomic mass is 10.4. The summed E-state index contributed by atoms with van der Waals surface area (Å²) in [5.74, 6) is 0. The van der Waals surface area contributed by atoms with E-state index in [1.165, 1.54) is 6.08 Å². The Morgan fingerprint density at radius 2 is 2.33 bits per heavy atom. The third kappa shape index (κ3) is 5.21. The van der Waals surface area contributed by atoms with Gasteiger partial charge in [-0.3, -0.25) is 4.99 Å². The van der Waals surface area contributed by atoms with Crippen LogP contribution in [0.2, 0.25) is 0 Å². The van der Waals surface area contributed by atoms with Crippen molar-refractivity contribution in [2.45, 2.75) is 13.8 Å². The van der Waals surface area contributed by atoms with E-state index in [9.17, 15) is 4.39 Å². The Labute approximate surface area is 55.3 Å². The van der Waals surface area contributed by atoms with Crippen LogP contribution in [-0.2, 0) is 0 Å². The lowest BCUT2D eigenvalue weighted by molar-refractivity contribution is 0.562. The summed E-state index contributed by atoms with van der Waals surface area (Å²) in [5.41, 5.74) is 0.884. The van der Waals surface area contributed by atoms with Gasteiger partial charge in [-0.25, -0.2) is 4.39 Å². The Bertz CT molecular complexity index is 116. The quantitative estimate of drug-likeness (QED) is 0.517. The Kier molecular flexibility index (Phi) is 5.07. The molecule has 0 aromatic carbocycles. The number of hydrogen-bond acceptors (Lipinski definition) is 1. The molecule has 0 unspecified atom stereocenters. The van der Waals surface area contributed by atoms with Crippen molar-refractivity contribution in [1.29, 1.82) is 0 Å². The normalized spacial score (nSPS) is 13.0.